The number of tetrazole rings is 1. The van der Waals surface area contributed by atoms with Crippen molar-refractivity contribution in [1.29, 1.82) is 0 Å². The molecule has 0 aliphatic carbocycles. The molecule has 1 atom stereocenters. The van der Waals surface area contributed by atoms with Gasteiger partial charge < -0.3 is 34.9 Å². The molecule has 0 spiro atoms. The van der Waals surface area contributed by atoms with E-state index < -0.39 is 39.2 Å². The SMILES string of the molecule is CCC(Oc1ccc(C)cc1C)C(=O)Nc1cc(COC(=O)CN(C)C(=O)Sc2nnnn2C)ccc1Oc1cc(C(=O)Nc2cccc(S(N)(=O)=O)c2)c(O)c2ccccc12. The van der Waals surface area contributed by atoms with E-state index in [1.165, 1.54) is 48.1 Å². The number of sulfonamides is 1. The molecule has 62 heavy (non-hydrogen) atoms. The van der Waals surface area contributed by atoms with Crippen LogP contribution in [0.25, 0.3) is 10.8 Å². The summed E-state index contributed by atoms with van der Waals surface area (Å²) in [4.78, 5) is 54.1. The molecule has 0 aliphatic rings. The average molecular weight is 883 g/mol. The zero-order valence-corrected chi connectivity index (χ0v) is 35.7. The maximum Gasteiger partial charge on any atom is 0.325 e. The number of thioether (sulfide) groups is 1. The Kier molecular flexibility index (Phi) is 13.7. The van der Waals surface area contributed by atoms with Gasteiger partial charge in [0, 0.05) is 42.3 Å². The van der Waals surface area contributed by atoms with Gasteiger partial charge in [-0.2, -0.15) is 0 Å². The number of phenols is 1. The van der Waals surface area contributed by atoms with E-state index in [1.807, 2.05) is 26.0 Å². The molecule has 1 unspecified atom stereocenters. The van der Waals surface area contributed by atoms with Gasteiger partial charge >= 0.3 is 5.97 Å². The number of benzene rings is 5. The van der Waals surface area contributed by atoms with Crippen molar-refractivity contribution in [3.8, 4) is 23.0 Å². The lowest BCUT2D eigenvalue weighted by molar-refractivity contribution is -0.145. The molecular weight excluding hydrogens is 841 g/mol. The van der Waals surface area contributed by atoms with Gasteiger partial charge in [-0.1, -0.05) is 61.0 Å². The van der Waals surface area contributed by atoms with Crippen molar-refractivity contribution in [2.45, 2.75) is 50.0 Å². The summed E-state index contributed by atoms with van der Waals surface area (Å²) < 4.78 is 43.3. The quantitative estimate of drug-likeness (QED) is 0.0677. The number of nitrogens with two attached hydrogens (primary N) is 1. The number of anilines is 2. The molecule has 0 bridgehead atoms. The Morgan fingerprint density at radius 2 is 1.66 bits per heavy atom. The maximum absolute atomic E-state index is 13.9. The Bertz CT molecular complexity index is 2800. The third-order valence-corrected chi connectivity index (χ3v) is 11.2. The van der Waals surface area contributed by atoms with Crippen molar-refractivity contribution in [2.75, 3.05) is 24.2 Å². The molecule has 20 heteroatoms. The third kappa shape index (κ3) is 10.8. The van der Waals surface area contributed by atoms with Crippen LogP contribution in [0, 0.1) is 13.8 Å². The first kappa shape index (κ1) is 44.5. The lowest BCUT2D eigenvalue weighted by Gasteiger charge is -2.21. The van der Waals surface area contributed by atoms with Crippen LogP contribution in [0.4, 0.5) is 16.2 Å². The van der Waals surface area contributed by atoms with Gasteiger partial charge in [0.05, 0.1) is 16.1 Å². The van der Waals surface area contributed by atoms with Crippen LogP contribution in [0.15, 0.2) is 101 Å². The number of aromatic nitrogens is 4. The molecule has 0 aliphatic heterocycles. The monoisotopic (exact) mass is 882 g/mol. The standard InChI is InChI=1S/C42H42N8O10S2/c1-6-33(59-34-16-14-24(2)18-25(34)3)40(54)45-32-19-26(23-58-37(51)22-49(4)42(55)61-41-46-47-48-50(41)5)15-17-35(32)60-36-21-31(38(52)30-13-8-7-12-29(30)36)39(53)44-27-10-9-11-28(20-27)62(43,56)57/h7-21,33,52H,6,22-23H2,1-5H3,(H,44,53)(H,45,54)(H2,43,56,57). The van der Waals surface area contributed by atoms with Crippen LogP contribution in [0.2, 0.25) is 0 Å². The second-order valence-electron chi connectivity index (χ2n) is 14.0. The molecule has 0 saturated heterocycles. The molecule has 3 amide bonds. The number of nitrogens with zero attached hydrogens (tertiary/aromatic N) is 5. The molecule has 0 fully saturated rings. The Morgan fingerprint density at radius 3 is 2.35 bits per heavy atom. The number of phenolic OH excluding ortho intramolecular Hbond substituents is 1. The van der Waals surface area contributed by atoms with E-state index in [0.29, 0.717) is 23.1 Å². The summed E-state index contributed by atoms with van der Waals surface area (Å²) in [5.41, 5.74) is 2.35. The van der Waals surface area contributed by atoms with Crippen molar-refractivity contribution < 1.29 is 46.9 Å². The summed E-state index contributed by atoms with van der Waals surface area (Å²) in [5, 5.41) is 33.4. The van der Waals surface area contributed by atoms with Crippen molar-refractivity contribution in [1.82, 2.24) is 25.1 Å². The lowest BCUT2D eigenvalue weighted by atomic mass is 10.0. The second-order valence-corrected chi connectivity index (χ2v) is 16.5. The minimum atomic E-state index is -4.08. The van der Waals surface area contributed by atoms with Crippen LogP contribution < -0.4 is 25.2 Å². The zero-order valence-electron chi connectivity index (χ0n) is 34.1. The number of carbonyl (C=O) groups is 4. The van der Waals surface area contributed by atoms with Gasteiger partial charge in [0.15, 0.2) is 11.9 Å². The normalized spacial score (nSPS) is 11.7. The number of primary sulfonamides is 1. The number of nitrogens with one attached hydrogen (secondary N) is 2. The predicted octanol–water partition coefficient (Wildman–Crippen LogP) is 6.06. The summed E-state index contributed by atoms with van der Waals surface area (Å²) in [6.45, 7) is 5.00. The lowest BCUT2D eigenvalue weighted by Crippen LogP contribution is -2.32. The third-order valence-electron chi connectivity index (χ3n) is 9.27. The van der Waals surface area contributed by atoms with Gasteiger partial charge in [-0.05, 0) is 84.3 Å². The fourth-order valence-electron chi connectivity index (χ4n) is 6.06. The molecule has 5 N–H and O–H groups in total. The molecule has 6 rings (SSSR count). The van der Waals surface area contributed by atoms with E-state index in [-0.39, 0.29) is 62.8 Å². The van der Waals surface area contributed by atoms with Crippen molar-refractivity contribution in [3.05, 3.63) is 113 Å². The number of aromatic hydroxyl groups is 1. The number of likely N-dealkylation sites (N-methyl/N-ethyl adjacent to an activating group) is 1. The minimum absolute atomic E-state index is 0.100. The van der Waals surface area contributed by atoms with Gasteiger partial charge in [-0.15, -0.1) is 5.10 Å². The largest absolute Gasteiger partial charge is 0.506 e. The number of esters is 1. The Labute approximate surface area is 360 Å². The van der Waals surface area contributed by atoms with Crippen LogP contribution in [-0.4, -0.2) is 81.4 Å². The summed E-state index contributed by atoms with van der Waals surface area (Å²) in [7, 11) is -1.07. The van der Waals surface area contributed by atoms with Crippen LogP contribution in [0.1, 0.15) is 40.4 Å². The van der Waals surface area contributed by atoms with Crippen LogP contribution >= 0.6 is 11.8 Å². The second kappa shape index (κ2) is 19.1. The maximum atomic E-state index is 13.9. The fourth-order valence-corrected chi connectivity index (χ4v) is 7.24. The van der Waals surface area contributed by atoms with Crippen LogP contribution in [-0.2, 0) is 38.0 Å². The topological polar surface area (TPSA) is 247 Å². The highest BCUT2D eigenvalue weighted by Crippen LogP contribution is 2.40. The summed E-state index contributed by atoms with van der Waals surface area (Å²) >= 11 is 0.744. The molecule has 0 saturated carbocycles. The summed E-state index contributed by atoms with van der Waals surface area (Å²) in [6.07, 6.45) is -0.641. The molecule has 1 heterocycles. The number of fused-ring (bicyclic) bond motifs is 1. The van der Waals surface area contributed by atoms with Gasteiger partial charge in [-0.25, -0.2) is 18.2 Å². The molecule has 322 valence electrons. The average Bonchev–Trinajstić information content (AvgIpc) is 3.64. The fraction of sp³-hybridized carbons (Fsp3) is 0.214. The number of ether oxygens (including phenoxy) is 3. The smallest absolute Gasteiger partial charge is 0.325 e. The van der Waals surface area contributed by atoms with E-state index in [0.717, 1.165) is 27.8 Å². The Morgan fingerprint density at radius 1 is 0.919 bits per heavy atom. The first-order valence-electron chi connectivity index (χ1n) is 18.9. The number of hydrogen-bond donors (Lipinski definition) is 4. The minimum Gasteiger partial charge on any atom is -0.506 e. The van der Waals surface area contributed by atoms with E-state index in [1.54, 1.807) is 56.4 Å². The van der Waals surface area contributed by atoms with E-state index >= 15 is 0 Å². The summed E-state index contributed by atoms with van der Waals surface area (Å²) in [5.74, 6) is -1.64. The van der Waals surface area contributed by atoms with Gasteiger partial charge in [0.1, 0.15) is 30.4 Å². The molecule has 6 aromatic rings. The van der Waals surface area contributed by atoms with E-state index in [9.17, 15) is 32.7 Å². The van der Waals surface area contributed by atoms with Crippen LogP contribution in [0.3, 0.4) is 0 Å². The van der Waals surface area contributed by atoms with E-state index in [2.05, 4.69) is 26.2 Å². The Hall–Kier alpha value is -7.03. The number of carbonyl (C=O) groups excluding carboxylic acids is 4. The molecule has 18 nitrogen and oxygen atoms in total. The highest BCUT2D eigenvalue weighted by atomic mass is 32.2. The van der Waals surface area contributed by atoms with Crippen molar-refractivity contribution in [3.63, 3.8) is 0 Å². The van der Waals surface area contributed by atoms with Gasteiger partial charge in [0.2, 0.25) is 15.2 Å². The van der Waals surface area contributed by atoms with Gasteiger partial charge in [-0.3, -0.25) is 19.2 Å². The molecule has 5 aromatic carbocycles. The molecule has 0 radical (unpaired) electrons. The highest BCUT2D eigenvalue weighted by molar-refractivity contribution is 8.13. The van der Waals surface area contributed by atoms with Crippen molar-refractivity contribution >= 4 is 67.0 Å². The first-order valence-corrected chi connectivity index (χ1v) is 21.2. The van der Waals surface area contributed by atoms with E-state index in [4.69, 9.17) is 19.3 Å². The van der Waals surface area contributed by atoms with Crippen LogP contribution in [0.5, 0.6) is 23.0 Å². The van der Waals surface area contributed by atoms with Crippen molar-refractivity contribution in [2.24, 2.45) is 12.2 Å². The predicted molar refractivity (Wildman–Crippen MR) is 230 cm³/mol. The zero-order chi connectivity index (χ0) is 44.7. The number of aryl methyl sites for hydroxylation is 3. The first-order chi connectivity index (χ1) is 29.5. The Balaban J connectivity index is 1.29. The number of hydrogen-bond acceptors (Lipinski definition) is 14. The van der Waals surface area contributed by atoms with Gasteiger partial charge in [0.25, 0.3) is 17.1 Å². The molecular formula is C42H42N8O10S2. The highest BCUT2D eigenvalue weighted by Gasteiger charge is 2.24. The summed E-state index contributed by atoms with van der Waals surface area (Å²) in [6, 6.07) is 23.5. The number of amides is 3. The molecule has 1 aromatic heterocycles. The number of rotatable bonds is 15.